The van der Waals surface area contributed by atoms with E-state index in [0.717, 1.165) is 17.7 Å². The van der Waals surface area contributed by atoms with Gasteiger partial charge in [0.2, 0.25) is 0 Å². The average molecular weight is 318 g/mol. The standard InChI is InChI=1S/C17H18O6/c1-2-10-21-12-15(18)13-23-17(20)9-8-16(19)22-11-14-6-4-3-5-7-14/h1,3-9,15,18H,10-13H2/b9-8+. The van der Waals surface area contributed by atoms with E-state index in [-0.39, 0.29) is 26.4 Å². The van der Waals surface area contributed by atoms with Crippen molar-refractivity contribution in [1.82, 2.24) is 0 Å². The third kappa shape index (κ3) is 9.09. The molecule has 0 bridgehead atoms. The number of carbonyl (C=O) groups is 2. The maximum absolute atomic E-state index is 11.4. The molecule has 1 unspecified atom stereocenters. The molecule has 1 aromatic rings. The van der Waals surface area contributed by atoms with Gasteiger partial charge in [0.1, 0.15) is 25.9 Å². The predicted molar refractivity (Wildman–Crippen MR) is 82.0 cm³/mol. The quantitative estimate of drug-likeness (QED) is 0.314. The van der Waals surface area contributed by atoms with E-state index < -0.39 is 18.0 Å². The summed E-state index contributed by atoms with van der Waals surface area (Å²) in [6.07, 6.45) is 5.89. The van der Waals surface area contributed by atoms with E-state index >= 15 is 0 Å². The second-order valence-corrected chi connectivity index (χ2v) is 4.43. The maximum atomic E-state index is 11.4. The Bertz CT molecular complexity index is 558. The molecule has 0 saturated carbocycles. The zero-order valence-electron chi connectivity index (χ0n) is 12.5. The first-order valence-electron chi connectivity index (χ1n) is 6.86. The molecule has 1 rings (SSSR count). The van der Waals surface area contributed by atoms with Gasteiger partial charge in [0.25, 0.3) is 0 Å². The zero-order chi connectivity index (χ0) is 16.9. The highest BCUT2D eigenvalue weighted by molar-refractivity contribution is 5.91. The van der Waals surface area contributed by atoms with Gasteiger partial charge in [-0.05, 0) is 5.56 Å². The lowest BCUT2D eigenvalue weighted by Gasteiger charge is -2.09. The van der Waals surface area contributed by atoms with Gasteiger partial charge in [-0.15, -0.1) is 6.42 Å². The van der Waals surface area contributed by atoms with Crippen LogP contribution in [0.25, 0.3) is 0 Å². The Balaban J connectivity index is 2.21. The van der Waals surface area contributed by atoms with Crippen LogP contribution in [0.5, 0.6) is 0 Å². The molecule has 0 aromatic heterocycles. The molecule has 1 aromatic carbocycles. The Morgan fingerprint density at radius 1 is 1.13 bits per heavy atom. The molecule has 0 spiro atoms. The van der Waals surface area contributed by atoms with Crippen molar-refractivity contribution in [2.45, 2.75) is 12.7 Å². The van der Waals surface area contributed by atoms with Crippen molar-refractivity contribution in [2.24, 2.45) is 0 Å². The molecule has 0 saturated heterocycles. The SMILES string of the molecule is C#CCOCC(O)COC(=O)/C=C/C(=O)OCc1ccccc1. The lowest BCUT2D eigenvalue weighted by molar-refractivity contribution is -0.143. The lowest BCUT2D eigenvalue weighted by atomic mass is 10.2. The summed E-state index contributed by atoms with van der Waals surface area (Å²) in [6, 6.07) is 9.14. The minimum absolute atomic E-state index is 0.0414. The molecule has 122 valence electrons. The van der Waals surface area contributed by atoms with Gasteiger partial charge in [0.05, 0.1) is 6.61 Å². The molecular formula is C17H18O6. The van der Waals surface area contributed by atoms with Crippen LogP contribution in [0.4, 0.5) is 0 Å². The van der Waals surface area contributed by atoms with Crippen molar-refractivity contribution < 1.29 is 28.9 Å². The van der Waals surface area contributed by atoms with E-state index in [1.807, 2.05) is 30.3 Å². The van der Waals surface area contributed by atoms with E-state index in [0.29, 0.717) is 0 Å². The van der Waals surface area contributed by atoms with Gasteiger partial charge < -0.3 is 19.3 Å². The second kappa shape index (κ2) is 11.0. The lowest BCUT2D eigenvalue weighted by Crippen LogP contribution is -2.23. The number of hydrogen-bond donors (Lipinski definition) is 1. The predicted octanol–water partition coefficient (Wildman–Crippen LogP) is 0.840. The average Bonchev–Trinajstić information content (AvgIpc) is 2.57. The number of aliphatic hydroxyl groups is 1. The van der Waals surface area contributed by atoms with Gasteiger partial charge in [-0.3, -0.25) is 0 Å². The van der Waals surface area contributed by atoms with Crippen LogP contribution in [0.2, 0.25) is 0 Å². The monoisotopic (exact) mass is 318 g/mol. The molecule has 0 aliphatic rings. The van der Waals surface area contributed by atoms with E-state index in [9.17, 15) is 14.7 Å². The van der Waals surface area contributed by atoms with Crippen molar-refractivity contribution in [3.8, 4) is 12.3 Å². The number of esters is 2. The topological polar surface area (TPSA) is 82.1 Å². The summed E-state index contributed by atoms with van der Waals surface area (Å²) >= 11 is 0. The number of carbonyl (C=O) groups excluding carboxylic acids is 2. The highest BCUT2D eigenvalue weighted by atomic mass is 16.5. The van der Waals surface area contributed by atoms with Crippen molar-refractivity contribution >= 4 is 11.9 Å². The van der Waals surface area contributed by atoms with Crippen molar-refractivity contribution in [3.63, 3.8) is 0 Å². The molecule has 0 fully saturated rings. The molecule has 0 aliphatic carbocycles. The Morgan fingerprint density at radius 3 is 2.43 bits per heavy atom. The van der Waals surface area contributed by atoms with Crippen LogP contribution < -0.4 is 0 Å². The largest absolute Gasteiger partial charge is 0.460 e. The molecule has 0 aliphatic heterocycles. The first-order valence-corrected chi connectivity index (χ1v) is 6.86. The van der Waals surface area contributed by atoms with E-state index in [4.69, 9.17) is 20.6 Å². The normalized spacial score (nSPS) is 11.7. The number of aliphatic hydroxyl groups excluding tert-OH is 1. The van der Waals surface area contributed by atoms with E-state index in [2.05, 4.69) is 5.92 Å². The summed E-state index contributed by atoms with van der Waals surface area (Å²) in [4.78, 5) is 22.8. The molecule has 0 heterocycles. The van der Waals surface area contributed by atoms with Crippen LogP contribution in [0, 0.1) is 12.3 Å². The molecule has 0 amide bonds. The Morgan fingerprint density at radius 2 is 1.78 bits per heavy atom. The number of rotatable bonds is 9. The van der Waals surface area contributed by atoms with Gasteiger partial charge >= 0.3 is 11.9 Å². The van der Waals surface area contributed by atoms with E-state index in [1.165, 1.54) is 0 Å². The van der Waals surface area contributed by atoms with Crippen LogP contribution in [-0.4, -0.2) is 43.0 Å². The molecule has 6 heteroatoms. The summed E-state index contributed by atoms with van der Waals surface area (Å²) in [5.74, 6) is 0.811. The molecule has 23 heavy (non-hydrogen) atoms. The van der Waals surface area contributed by atoms with Gasteiger partial charge in [0.15, 0.2) is 0 Å². The third-order valence-corrected chi connectivity index (χ3v) is 2.49. The molecule has 1 atom stereocenters. The Kier molecular flexibility index (Phi) is 8.83. The first kappa shape index (κ1) is 18.4. The van der Waals surface area contributed by atoms with Crippen molar-refractivity contribution in [1.29, 1.82) is 0 Å². The fourth-order valence-corrected chi connectivity index (χ4v) is 1.44. The van der Waals surface area contributed by atoms with Gasteiger partial charge in [-0.2, -0.15) is 0 Å². The Hall–Kier alpha value is -2.62. The third-order valence-electron chi connectivity index (χ3n) is 2.49. The highest BCUT2D eigenvalue weighted by Gasteiger charge is 2.07. The minimum atomic E-state index is -0.981. The molecule has 0 radical (unpaired) electrons. The molecule has 1 N–H and O–H groups in total. The van der Waals surface area contributed by atoms with Crippen LogP contribution in [0.1, 0.15) is 5.56 Å². The minimum Gasteiger partial charge on any atom is -0.460 e. The van der Waals surface area contributed by atoms with Gasteiger partial charge in [-0.25, -0.2) is 9.59 Å². The summed E-state index contributed by atoms with van der Waals surface area (Å²) in [7, 11) is 0. The number of benzene rings is 1. The molecular weight excluding hydrogens is 300 g/mol. The smallest absolute Gasteiger partial charge is 0.331 e. The van der Waals surface area contributed by atoms with Gasteiger partial charge in [0, 0.05) is 12.2 Å². The van der Waals surface area contributed by atoms with Crippen LogP contribution in [0.3, 0.4) is 0 Å². The van der Waals surface area contributed by atoms with Gasteiger partial charge in [-0.1, -0.05) is 36.3 Å². The summed E-state index contributed by atoms with van der Waals surface area (Å²) < 4.78 is 14.6. The van der Waals surface area contributed by atoms with Crippen LogP contribution in [0.15, 0.2) is 42.5 Å². The fraction of sp³-hybridized carbons (Fsp3) is 0.294. The Labute approximate surface area is 134 Å². The second-order valence-electron chi connectivity index (χ2n) is 4.43. The van der Waals surface area contributed by atoms with Crippen molar-refractivity contribution in [3.05, 3.63) is 48.0 Å². The number of terminal acetylenes is 1. The van der Waals surface area contributed by atoms with Crippen molar-refractivity contribution in [2.75, 3.05) is 19.8 Å². The number of hydrogen-bond acceptors (Lipinski definition) is 6. The first-order chi connectivity index (χ1) is 11.1. The highest BCUT2D eigenvalue weighted by Crippen LogP contribution is 2.01. The number of ether oxygens (including phenoxy) is 3. The van der Waals surface area contributed by atoms with Crippen LogP contribution >= 0.6 is 0 Å². The summed E-state index contributed by atoms with van der Waals surface area (Å²) in [5, 5.41) is 9.43. The summed E-state index contributed by atoms with van der Waals surface area (Å²) in [5.41, 5.74) is 0.840. The molecule has 6 nitrogen and oxygen atoms in total. The van der Waals surface area contributed by atoms with Crippen LogP contribution in [-0.2, 0) is 30.4 Å². The fourth-order valence-electron chi connectivity index (χ4n) is 1.44. The summed E-state index contributed by atoms with van der Waals surface area (Å²) in [6.45, 7) is -0.116. The van der Waals surface area contributed by atoms with E-state index in [1.54, 1.807) is 0 Å². The zero-order valence-corrected chi connectivity index (χ0v) is 12.5. The maximum Gasteiger partial charge on any atom is 0.331 e.